The van der Waals surface area contributed by atoms with E-state index in [1.54, 1.807) is 0 Å². The van der Waals surface area contributed by atoms with E-state index in [0.717, 1.165) is 24.2 Å². The molecule has 0 spiro atoms. The van der Waals surface area contributed by atoms with Gasteiger partial charge in [0.1, 0.15) is 0 Å². The Bertz CT molecular complexity index is 289. The third-order valence-corrected chi connectivity index (χ3v) is 2.92. The Morgan fingerprint density at radius 1 is 1.36 bits per heavy atom. The molecule has 1 aromatic rings. The second-order valence-electron chi connectivity index (χ2n) is 3.10. The molecule has 1 heterocycles. The Labute approximate surface area is 98.6 Å². The summed E-state index contributed by atoms with van der Waals surface area (Å²) in [5, 5.41) is 3.42. The molecule has 1 unspecified atom stereocenters. The molecular formula is C10H13BrClNO. The summed E-state index contributed by atoms with van der Waals surface area (Å²) >= 11 is 3.54. The first-order chi connectivity index (χ1) is 6.38. The molecule has 14 heavy (non-hydrogen) atoms. The largest absolute Gasteiger partial charge is 0.378 e. The van der Waals surface area contributed by atoms with Crippen LogP contribution in [0.15, 0.2) is 28.7 Å². The van der Waals surface area contributed by atoms with Crippen molar-refractivity contribution in [2.45, 2.75) is 6.04 Å². The number of hydrogen-bond donors (Lipinski definition) is 1. The second kappa shape index (κ2) is 5.71. The van der Waals surface area contributed by atoms with Gasteiger partial charge in [-0.25, -0.2) is 0 Å². The van der Waals surface area contributed by atoms with Gasteiger partial charge in [0.25, 0.3) is 0 Å². The number of benzene rings is 1. The van der Waals surface area contributed by atoms with E-state index in [4.69, 9.17) is 4.74 Å². The van der Waals surface area contributed by atoms with Gasteiger partial charge in [-0.15, -0.1) is 12.4 Å². The number of halogens is 2. The highest BCUT2D eigenvalue weighted by Gasteiger charge is 2.16. The van der Waals surface area contributed by atoms with Crippen LogP contribution in [0, 0.1) is 0 Å². The van der Waals surface area contributed by atoms with Crippen LogP contribution in [-0.4, -0.2) is 19.8 Å². The average molecular weight is 279 g/mol. The number of rotatable bonds is 1. The van der Waals surface area contributed by atoms with Gasteiger partial charge in [0, 0.05) is 11.0 Å². The van der Waals surface area contributed by atoms with Gasteiger partial charge < -0.3 is 10.1 Å². The first kappa shape index (κ1) is 12.0. The van der Waals surface area contributed by atoms with E-state index < -0.39 is 0 Å². The monoisotopic (exact) mass is 277 g/mol. The lowest BCUT2D eigenvalue weighted by Gasteiger charge is -2.24. The predicted octanol–water partition coefficient (Wildman–Crippen LogP) is 2.53. The van der Waals surface area contributed by atoms with E-state index in [1.165, 1.54) is 5.56 Å². The van der Waals surface area contributed by atoms with Gasteiger partial charge in [0.05, 0.1) is 19.3 Å². The van der Waals surface area contributed by atoms with E-state index in [9.17, 15) is 0 Å². The maximum atomic E-state index is 5.41. The Balaban J connectivity index is 0.000000980. The molecule has 0 aliphatic carbocycles. The first-order valence-corrected chi connectivity index (χ1v) is 5.23. The van der Waals surface area contributed by atoms with Crippen LogP contribution in [0.4, 0.5) is 0 Å². The molecule has 0 amide bonds. The fourth-order valence-corrected chi connectivity index (χ4v) is 2.08. The zero-order valence-corrected chi connectivity index (χ0v) is 10.1. The normalized spacial score (nSPS) is 21.4. The minimum atomic E-state index is 0. The van der Waals surface area contributed by atoms with E-state index in [-0.39, 0.29) is 12.4 Å². The Morgan fingerprint density at radius 3 is 2.79 bits per heavy atom. The predicted molar refractivity (Wildman–Crippen MR) is 63.0 cm³/mol. The summed E-state index contributed by atoms with van der Waals surface area (Å²) in [6.45, 7) is 2.52. The highest BCUT2D eigenvalue weighted by molar-refractivity contribution is 9.10. The molecule has 4 heteroatoms. The molecular weight excluding hydrogens is 265 g/mol. The molecule has 1 saturated heterocycles. The van der Waals surface area contributed by atoms with Gasteiger partial charge in [0.15, 0.2) is 0 Å². The molecule has 1 aromatic carbocycles. The molecule has 0 aromatic heterocycles. The van der Waals surface area contributed by atoms with Gasteiger partial charge >= 0.3 is 0 Å². The highest BCUT2D eigenvalue weighted by atomic mass is 79.9. The number of ether oxygens (including phenoxy) is 1. The van der Waals surface area contributed by atoms with Gasteiger partial charge in [-0.1, -0.05) is 34.1 Å². The average Bonchev–Trinajstić information content (AvgIpc) is 2.20. The molecule has 1 fully saturated rings. The minimum Gasteiger partial charge on any atom is -0.378 e. The molecule has 2 nitrogen and oxygen atoms in total. The lowest BCUT2D eigenvalue weighted by molar-refractivity contribution is 0.0767. The van der Waals surface area contributed by atoms with Crippen LogP contribution in [0.1, 0.15) is 11.6 Å². The van der Waals surface area contributed by atoms with Crippen molar-refractivity contribution in [3.05, 3.63) is 34.3 Å². The van der Waals surface area contributed by atoms with E-state index in [1.807, 2.05) is 6.07 Å². The van der Waals surface area contributed by atoms with Crippen molar-refractivity contribution < 1.29 is 4.74 Å². The zero-order chi connectivity index (χ0) is 9.10. The van der Waals surface area contributed by atoms with Gasteiger partial charge in [-0.3, -0.25) is 0 Å². The third-order valence-electron chi connectivity index (χ3n) is 2.20. The Hall–Kier alpha value is -0.0900. The van der Waals surface area contributed by atoms with Crippen molar-refractivity contribution in [3.8, 4) is 0 Å². The quantitative estimate of drug-likeness (QED) is 0.852. The molecule has 1 atom stereocenters. The molecule has 78 valence electrons. The maximum Gasteiger partial charge on any atom is 0.0662 e. The highest BCUT2D eigenvalue weighted by Crippen LogP contribution is 2.24. The van der Waals surface area contributed by atoms with Crippen LogP contribution in [-0.2, 0) is 4.74 Å². The maximum absolute atomic E-state index is 5.41. The Morgan fingerprint density at radius 2 is 2.14 bits per heavy atom. The third kappa shape index (κ3) is 2.70. The number of morpholine rings is 1. The summed E-state index contributed by atoms with van der Waals surface area (Å²) in [5.41, 5.74) is 1.28. The number of hydrogen-bond acceptors (Lipinski definition) is 2. The van der Waals surface area contributed by atoms with Crippen LogP contribution in [0.3, 0.4) is 0 Å². The first-order valence-electron chi connectivity index (χ1n) is 4.43. The SMILES string of the molecule is Brc1ccccc1C1COCCN1.Cl. The van der Waals surface area contributed by atoms with Crippen LogP contribution in [0.2, 0.25) is 0 Å². The topological polar surface area (TPSA) is 21.3 Å². The van der Waals surface area contributed by atoms with Crippen molar-refractivity contribution in [3.63, 3.8) is 0 Å². The molecule has 2 rings (SSSR count). The lowest BCUT2D eigenvalue weighted by Crippen LogP contribution is -2.34. The van der Waals surface area contributed by atoms with E-state index >= 15 is 0 Å². The molecule has 0 bridgehead atoms. The van der Waals surface area contributed by atoms with E-state index in [2.05, 4.69) is 39.4 Å². The summed E-state index contributed by atoms with van der Waals surface area (Å²) in [6.07, 6.45) is 0. The fraction of sp³-hybridized carbons (Fsp3) is 0.400. The molecule has 0 radical (unpaired) electrons. The second-order valence-corrected chi connectivity index (χ2v) is 3.96. The summed E-state index contributed by atoms with van der Waals surface area (Å²) in [6, 6.07) is 8.60. The minimum absolute atomic E-state index is 0. The van der Waals surface area contributed by atoms with Gasteiger partial charge in [-0.2, -0.15) is 0 Å². The van der Waals surface area contributed by atoms with Gasteiger partial charge in [-0.05, 0) is 11.6 Å². The summed E-state index contributed by atoms with van der Waals surface area (Å²) in [7, 11) is 0. The van der Waals surface area contributed by atoms with Crippen molar-refractivity contribution in [1.82, 2.24) is 5.32 Å². The Kier molecular flexibility index (Phi) is 4.89. The van der Waals surface area contributed by atoms with Crippen LogP contribution < -0.4 is 5.32 Å². The van der Waals surface area contributed by atoms with Gasteiger partial charge in [0.2, 0.25) is 0 Å². The van der Waals surface area contributed by atoms with Crippen LogP contribution in [0.25, 0.3) is 0 Å². The lowest BCUT2D eigenvalue weighted by atomic mass is 10.1. The molecule has 1 aliphatic heterocycles. The van der Waals surface area contributed by atoms with Crippen molar-refractivity contribution in [1.29, 1.82) is 0 Å². The van der Waals surface area contributed by atoms with Crippen molar-refractivity contribution in [2.24, 2.45) is 0 Å². The smallest absolute Gasteiger partial charge is 0.0662 e. The van der Waals surface area contributed by atoms with Crippen molar-refractivity contribution in [2.75, 3.05) is 19.8 Å². The van der Waals surface area contributed by atoms with Crippen LogP contribution >= 0.6 is 28.3 Å². The van der Waals surface area contributed by atoms with Crippen LogP contribution in [0.5, 0.6) is 0 Å². The summed E-state index contributed by atoms with van der Waals surface area (Å²) in [4.78, 5) is 0. The zero-order valence-electron chi connectivity index (χ0n) is 7.70. The standard InChI is InChI=1S/C10H12BrNO.ClH/c11-9-4-2-1-3-8(9)10-7-13-6-5-12-10;/h1-4,10,12H,5-7H2;1H. The summed E-state index contributed by atoms with van der Waals surface area (Å²) in [5.74, 6) is 0. The van der Waals surface area contributed by atoms with E-state index in [0.29, 0.717) is 6.04 Å². The molecule has 0 saturated carbocycles. The van der Waals surface area contributed by atoms with Crippen molar-refractivity contribution >= 4 is 28.3 Å². The number of nitrogens with one attached hydrogen (secondary N) is 1. The fourth-order valence-electron chi connectivity index (χ4n) is 1.52. The molecule has 1 aliphatic rings. The molecule has 1 N–H and O–H groups in total. The summed E-state index contributed by atoms with van der Waals surface area (Å²) < 4.78 is 6.56.